The highest BCUT2D eigenvalue weighted by molar-refractivity contribution is 5.96. The quantitative estimate of drug-likeness (QED) is 0.0346. The number of anilines is 2. The lowest BCUT2D eigenvalue weighted by Crippen LogP contribution is -2.34. The van der Waals surface area contributed by atoms with Crippen LogP contribution in [-0.4, -0.2) is 38.8 Å². The Morgan fingerprint density at radius 1 is 0.526 bits per heavy atom. The van der Waals surface area contributed by atoms with Crippen LogP contribution in [0.3, 0.4) is 0 Å². The number of hydrogen-bond donors (Lipinski definition) is 1. The van der Waals surface area contributed by atoms with Gasteiger partial charge in [-0.2, -0.15) is 0 Å². The molecular weight excluding hydrogens is 963 g/mol. The number of carbonyl (C=O) groups excluding carboxylic acids is 1. The molecule has 436 valence electrons. The Balaban J connectivity index is 2.49. The monoisotopic (exact) mass is 1070 g/mol. The van der Waals surface area contributed by atoms with Crippen molar-refractivity contribution < 1.29 is 19.0 Å². The normalized spacial score (nSPS) is 14.0. The van der Waals surface area contributed by atoms with E-state index in [9.17, 15) is 4.79 Å². The molecule has 3 aromatic carbocycles. The summed E-state index contributed by atoms with van der Waals surface area (Å²) in [5.41, 5.74) is 5.31. The van der Waals surface area contributed by atoms with E-state index in [0.29, 0.717) is 83.7 Å². The average Bonchev–Trinajstić information content (AvgIpc) is 3.49. The summed E-state index contributed by atoms with van der Waals surface area (Å²) in [5.74, 6) is 4.31. The lowest BCUT2D eigenvalue weighted by atomic mass is 9.95. The van der Waals surface area contributed by atoms with Crippen LogP contribution in [0.4, 0.5) is 28.4 Å². The maximum absolute atomic E-state index is 14.6. The number of carbonyl (C=O) groups is 1. The predicted octanol–water partition coefficient (Wildman–Crippen LogP) is 22.0. The van der Waals surface area contributed by atoms with Crippen molar-refractivity contribution in [1.82, 2.24) is 0 Å². The van der Waals surface area contributed by atoms with Gasteiger partial charge in [-0.05, 0) is 92.2 Å². The molecule has 78 heavy (non-hydrogen) atoms. The fraction of sp³-hybridized carbons (Fsp3) is 0.681. The number of amides is 1. The first-order valence-electron chi connectivity index (χ1n) is 31.9. The second-order valence-corrected chi connectivity index (χ2v) is 22.6. The van der Waals surface area contributed by atoms with Crippen molar-refractivity contribution in [3.8, 4) is 17.2 Å². The van der Waals surface area contributed by atoms with Gasteiger partial charge in [-0.3, -0.25) is 4.79 Å². The van der Waals surface area contributed by atoms with E-state index in [-0.39, 0.29) is 11.8 Å². The molecule has 0 aliphatic carbocycles. The van der Waals surface area contributed by atoms with E-state index >= 15 is 0 Å². The molecule has 0 aliphatic rings. The smallest absolute Gasteiger partial charge is 0.227 e. The second kappa shape index (κ2) is 40.4. The fourth-order valence-electron chi connectivity index (χ4n) is 10.3. The van der Waals surface area contributed by atoms with Crippen molar-refractivity contribution in [2.75, 3.05) is 43.1 Å². The molecule has 6 atom stereocenters. The molecule has 1 N–H and O–H groups in total. The minimum Gasteiger partial charge on any atom is -0.493 e. The van der Waals surface area contributed by atoms with E-state index in [1.54, 1.807) is 0 Å². The standard InChI is InChI=1S/C69H111N5O4/c1-14-26-32-53(20-7)48-74(49-54(21-8)33-27-15-2)65-45-62(71-69(75)59(25-12)37-31-19-6)63(46-68(65)78-52-57(24-11)36-30-18-5)72-73-64-47-66(76-50-55(22-9)34-28-16-3)60(41-38-58-39-42-61(70-13)43-40-58)44-67(64)77-51-56(23-10)35-29-17-4/h38-47,53-57,59H,14-37,48-52H2,1-12H3,(H,71,75)/b41-38+,73-72?. The second-order valence-electron chi connectivity index (χ2n) is 22.6. The molecule has 0 saturated carbocycles. The summed E-state index contributed by atoms with van der Waals surface area (Å²) < 4.78 is 20.9. The number of nitrogens with zero attached hydrogens (tertiary/aromatic N) is 4. The molecule has 9 heteroatoms. The van der Waals surface area contributed by atoms with Crippen LogP contribution in [0, 0.1) is 42.1 Å². The van der Waals surface area contributed by atoms with Gasteiger partial charge in [-0.25, -0.2) is 4.85 Å². The Morgan fingerprint density at radius 3 is 1.42 bits per heavy atom. The number of rotatable bonds is 44. The van der Waals surface area contributed by atoms with Gasteiger partial charge in [0.1, 0.15) is 28.6 Å². The Hall–Kier alpha value is -4.84. The molecule has 0 aliphatic heterocycles. The first kappa shape index (κ1) is 67.4. The van der Waals surface area contributed by atoms with Crippen LogP contribution < -0.4 is 24.4 Å². The van der Waals surface area contributed by atoms with Crippen LogP contribution in [0.5, 0.6) is 17.2 Å². The summed E-state index contributed by atoms with van der Waals surface area (Å²) >= 11 is 0. The zero-order valence-corrected chi connectivity index (χ0v) is 51.7. The van der Waals surface area contributed by atoms with Gasteiger partial charge in [0.25, 0.3) is 0 Å². The lowest BCUT2D eigenvalue weighted by Gasteiger charge is -2.34. The fourth-order valence-corrected chi connectivity index (χ4v) is 10.3. The van der Waals surface area contributed by atoms with Crippen molar-refractivity contribution >= 4 is 46.5 Å². The van der Waals surface area contributed by atoms with Gasteiger partial charge < -0.3 is 24.4 Å². The van der Waals surface area contributed by atoms with Crippen molar-refractivity contribution in [2.24, 2.45) is 45.7 Å². The highest BCUT2D eigenvalue weighted by atomic mass is 16.5. The molecular formula is C69H111N5O4. The van der Waals surface area contributed by atoms with Crippen molar-refractivity contribution in [2.45, 2.75) is 237 Å². The van der Waals surface area contributed by atoms with Crippen LogP contribution in [0.2, 0.25) is 0 Å². The van der Waals surface area contributed by atoms with Crippen LogP contribution >= 0.6 is 0 Å². The third-order valence-corrected chi connectivity index (χ3v) is 16.4. The molecule has 3 rings (SSSR count). The first-order valence-corrected chi connectivity index (χ1v) is 31.9. The molecule has 0 radical (unpaired) electrons. The van der Waals surface area contributed by atoms with Gasteiger partial charge in [0.2, 0.25) is 5.91 Å². The minimum atomic E-state index is -0.125. The summed E-state index contributed by atoms with van der Waals surface area (Å²) in [7, 11) is 0. The molecule has 0 heterocycles. The van der Waals surface area contributed by atoms with Gasteiger partial charge in [0, 0.05) is 36.7 Å². The molecule has 0 spiro atoms. The largest absolute Gasteiger partial charge is 0.493 e. The molecule has 0 fully saturated rings. The minimum absolute atomic E-state index is 0.0220. The maximum atomic E-state index is 14.6. The average molecular weight is 1070 g/mol. The molecule has 0 bridgehead atoms. The van der Waals surface area contributed by atoms with E-state index < -0.39 is 0 Å². The number of nitrogens with one attached hydrogen (secondary N) is 1. The van der Waals surface area contributed by atoms with Crippen LogP contribution in [0.25, 0.3) is 17.0 Å². The summed E-state index contributed by atoms with van der Waals surface area (Å²) in [5, 5.41) is 13.8. The van der Waals surface area contributed by atoms with E-state index in [1.165, 1.54) is 44.9 Å². The van der Waals surface area contributed by atoms with Gasteiger partial charge in [-0.1, -0.05) is 229 Å². The summed E-state index contributed by atoms with van der Waals surface area (Å²) in [6, 6.07) is 16.0. The molecule has 0 saturated heterocycles. The number of ether oxygens (including phenoxy) is 3. The zero-order chi connectivity index (χ0) is 56.9. The third-order valence-electron chi connectivity index (χ3n) is 16.4. The van der Waals surface area contributed by atoms with Gasteiger partial charge in [-0.15, -0.1) is 10.2 Å². The Kier molecular flexibility index (Phi) is 34.9. The molecule has 9 nitrogen and oxygen atoms in total. The highest BCUT2D eigenvalue weighted by Gasteiger charge is 2.26. The maximum Gasteiger partial charge on any atom is 0.227 e. The van der Waals surface area contributed by atoms with E-state index in [1.807, 2.05) is 30.3 Å². The zero-order valence-electron chi connectivity index (χ0n) is 51.7. The molecule has 0 aromatic heterocycles. The SMILES string of the molecule is [C-]#[N+]c1ccc(/C=C/c2cc(OCC(CC)CCCC)c(N=Nc3cc(OCC(CC)CCCC)c(N(CC(CC)CCCC)CC(CC)CCCC)cc3NC(=O)C(CC)CCCC)cc2OCC(CC)CCCC)cc1. The Morgan fingerprint density at radius 2 is 0.962 bits per heavy atom. The predicted molar refractivity (Wildman–Crippen MR) is 336 cm³/mol. The van der Waals surface area contributed by atoms with Crippen LogP contribution in [0.1, 0.15) is 248 Å². The van der Waals surface area contributed by atoms with Gasteiger partial charge in [0.05, 0.1) is 37.8 Å². The molecule has 6 unspecified atom stereocenters. The first-order chi connectivity index (χ1) is 38.0. The van der Waals surface area contributed by atoms with Crippen LogP contribution in [0.15, 0.2) is 58.8 Å². The van der Waals surface area contributed by atoms with Crippen molar-refractivity contribution in [1.29, 1.82) is 0 Å². The van der Waals surface area contributed by atoms with Crippen molar-refractivity contribution in [3.63, 3.8) is 0 Å². The molecule has 1 amide bonds. The highest BCUT2D eigenvalue weighted by Crippen LogP contribution is 2.44. The van der Waals surface area contributed by atoms with E-state index in [0.717, 1.165) is 145 Å². The number of azo groups is 1. The van der Waals surface area contributed by atoms with Crippen molar-refractivity contribution in [3.05, 3.63) is 71.1 Å². The topological polar surface area (TPSA) is 89.1 Å². The number of benzene rings is 3. The number of hydrogen-bond acceptors (Lipinski definition) is 7. The van der Waals surface area contributed by atoms with E-state index in [2.05, 4.69) is 128 Å². The summed E-state index contributed by atoms with van der Waals surface area (Å²) in [6.45, 7) is 38.2. The third kappa shape index (κ3) is 24.3. The van der Waals surface area contributed by atoms with Crippen LogP contribution in [-0.2, 0) is 4.79 Å². The number of unbranched alkanes of at least 4 members (excludes halogenated alkanes) is 6. The summed E-state index contributed by atoms with van der Waals surface area (Å²) in [6.07, 6.45) is 30.4. The van der Waals surface area contributed by atoms with Gasteiger partial charge >= 0.3 is 0 Å². The summed E-state index contributed by atoms with van der Waals surface area (Å²) in [4.78, 5) is 20.8. The molecule has 3 aromatic rings. The van der Waals surface area contributed by atoms with Gasteiger partial charge in [0.15, 0.2) is 5.69 Å². The Labute approximate surface area is 477 Å². The lowest BCUT2D eigenvalue weighted by molar-refractivity contribution is -0.120. The Bertz CT molecular complexity index is 2160. The van der Waals surface area contributed by atoms with E-state index in [4.69, 9.17) is 31.0 Å².